The lowest BCUT2D eigenvalue weighted by Crippen LogP contribution is -2.11. The van der Waals surface area contributed by atoms with Gasteiger partial charge in [-0.15, -0.1) is 0 Å². The molecule has 102 valence electrons. The maximum atomic E-state index is 13.4. The van der Waals surface area contributed by atoms with Gasteiger partial charge in [-0.2, -0.15) is 0 Å². The highest BCUT2D eigenvalue weighted by Gasteiger charge is 2.27. The average molecular weight is 261 g/mol. The van der Waals surface area contributed by atoms with Crippen LogP contribution in [0.15, 0.2) is 12.1 Å². The first kappa shape index (κ1) is 14.7. The molecule has 0 aromatic heterocycles. The highest BCUT2D eigenvalue weighted by molar-refractivity contribution is 5.50. The van der Waals surface area contributed by atoms with Crippen molar-refractivity contribution in [1.82, 2.24) is 0 Å². The topological polar surface area (TPSA) is 53.7 Å². The highest BCUT2D eigenvalue weighted by atomic mass is 19.3. The fourth-order valence-corrected chi connectivity index (χ4v) is 1.65. The van der Waals surface area contributed by atoms with Crippen LogP contribution in [0.3, 0.4) is 0 Å². The van der Waals surface area contributed by atoms with E-state index in [1.165, 1.54) is 26.4 Å². The summed E-state index contributed by atoms with van der Waals surface area (Å²) in [6, 6.07) is 2.64. The van der Waals surface area contributed by atoms with E-state index >= 15 is 0 Å². The number of nitrogens with two attached hydrogens (primary N) is 1. The molecule has 0 atom stereocenters. The van der Waals surface area contributed by atoms with Crippen molar-refractivity contribution in [2.75, 3.05) is 20.8 Å². The van der Waals surface area contributed by atoms with Gasteiger partial charge in [0.15, 0.2) is 11.5 Å². The Morgan fingerprint density at radius 3 is 2.33 bits per heavy atom. The van der Waals surface area contributed by atoms with Gasteiger partial charge in [-0.3, -0.25) is 0 Å². The number of rotatable bonds is 6. The van der Waals surface area contributed by atoms with E-state index in [9.17, 15) is 8.78 Å². The summed E-state index contributed by atoms with van der Waals surface area (Å²) in [6.07, 6.45) is 0.361. The smallest absolute Gasteiger partial charge is 0.270 e. The van der Waals surface area contributed by atoms with Crippen molar-refractivity contribution in [3.63, 3.8) is 0 Å². The van der Waals surface area contributed by atoms with Crippen molar-refractivity contribution in [2.24, 2.45) is 5.90 Å². The van der Waals surface area contributed by atoms with Crippen molar-refractivity contribution in [3.8, 4) is 11.5 Å². The summed E-state index contributed by atoms with van der Waals surface area (Å²) in [5.74, 6) is 2.68. The van der Waals surface area contributed by atoms with Crippen LogP contribution in [-0.4, -0.2) is 20.8 Å². The molecule has 0 fully saturated rings. The predicted octanol–water partition coefficient (Wildman–Crippen LogP) is 2.25. The van der Waals surface area contributed by atoms with Crippen molar-refractivity contribution in [3.05, 3.63) is 23.3 Å². The van der Waals surface area contributed by atoms with E-state index in [-0.39, 0.29) is 17.9 Å². The molecule has 0 bridgehead atoms. The molecule has 0 aliphatic carbocycles. The Kier molecular flexibility index (Phi) is 4.86. The van der Waals surface area contributed by atoms with E-state index in [0.717, 1.165) is 6.92 Å². The maximum Gasteiger partial charge on any atom is 0.270 e. The van der Waals surface area contributed by atoms with Gasteiger partial charge in [-0.1, -0.05) is 0 Å². The molecular formula is C12H17F2NO3. The number of ether oxygens (including phenoxy) is 2. The number of hydrogen-bond acceptors (Lipinski definition) is 4. The van der Waals surface area contributed by atoms with Gasteiger partial charge in [-0.05, 0) is 12.1 Å². The number of hydrogen-bond donors (Lipinski definition) is 1. The highest BCUT2D eigenvalue weighted by Crippen LogP contribution is 2.38. The van der Waals surface area contributed by atoms with Crippen molar-refractivity contribution >= 4 is 0 Å². The summed E-state index contributed by atoms with van der Waals surface area (Å²) in [5.41, 5.74) is 0.436. The molecule has 18 heavy (non-hydrogen) atoms. The summed E-state index contributed by atoms with van der Waals surface area (Å²) in [7, 11) is 2.85. The zero-order valence-electron chi connectivity index (χ0n) is 10.6. The third kappa shape index (κ3) is 3.30. The van der Waals surface area contributed by atoms with Crippen molar-refractivity contribution in [2.45, 2.75) is 19.3 Å². The van der Waals surface area contributed by atoms with Crippen LogP contribution in [-0.2, 0) is 17.2 Å². The lowest BCUT2D eigenvalue weighted by atomic mass is 10.0. The first-order valence-electron chi connectivity index (χ1n) is 5.39. The molecule has 0 unspecified atom stereocenters. The summed E-state index contributed by atoms with van der Waals surface area (Å²) in [5, 5.41) is 0. The molecule has 6 heteroatoms. The maximum absolute atomic E-state index is 13.4. The largest absolute Gasteiger partial charge is 0.493 e. The summed E-state index contributed by atoms with van der Waals surface area (Å²) >= 11 is 0. The van der Waals surface area contributed by atoms with Crippen LogP contribution in [0.25, 0.3) is 0 Å². The van der Waals surface area contributed by atoms with Gasteiger partial charge in [0.05, 0.1) is 20.8 Å². The van der Waals surface area contributed by atoms with Gasteiger partial charge in [0, 0.05) is 24.5 Å². The molecule has 0 amide bonds. The molecule has 0 aliphatic heterocycles. The number of alkyl halides is 2. The lowest BCUT2D eigenvalue weighted by molar-refractivity contribution is 0.0171. The molecule has 0 radical (unpaired) electrons. The van der Waals surface area contributed by atoms with Gasteiger partial charge in [0.2, 0.25) is 0 Å². The van der Waals surface area contributed by atoms with Gasteiger partial charge >= 0.3 is 0 Å². The number of halogens is 2. The second kappa shape index (κ2) is 5.97. The monoisotopic (exact) mass is 261 g/mol. The van der Waals surface area contributed by atoms with Crippen LogP contribution in [0, 0.1) is 0 Å². The van der Waals surface area contributed by atoms with E-state index in [0.29, 0.717) is 17.7 Å². The van der Waals surface area contributed by atoms with Crippen LogP contribution in [0.4, 0.5) is 8.78 Å². The molecule has 0 heterocycles. The van der Waals surface area contributed by atoms with E-state index in [2.05, 4.69) is 4.84 Å². The van der Waals surface area contributed by atoms with Crippen LogP contribution in [0.2, 0.25) is 0 Å². The second-order valence-electron chi connectivity index (χ2n) is 3.88. The molecule has 0 aliphatic rings. The summed E-state index contributed by atoms with van der Waals surface area (Å²) in [4.78, 5) is 4.46. The van der Waals surface area contributed by atoms with E-state index < -0.39 is 5.92 Å². The van der Waals surface area contributed by atoms with Gasteiger partial charge in [-0.25, -0.2) is 14.7 Å². The van der Waals surface area contributed by atoms with Gasteiger partial charge in [0.25, 0.3) is 5.92 Å². The van der Waals surface area contributed by atoms with E-state index in [1.807, 2.05) is 0 Å². The number of benzene rings is 1. The van der Waals surface area contributed by atoms with Crippen molar-refractivity contribution < 1.29 is 23.1 Å². The Morgan fingerprint density at radius 2 is 1.89 bits per heavy atom. The van der Waals surface area contributed by atoms with Crippen molar-refractivity contribution in [1.29, 1.82) is 0 Å². The molecular weight excluding hydrogens is 244 g/mol. The molecule has 0 spiro atoms. The first-order valence-corrected chi connectivity index (χ1v) is 5.39. The van der Waals surface area contributed by atoms with Gasteiger partial charge in [0.1, 0.15) is 0 Å². The minimum absolute atomic E-state index is 0.132. The standard InChI is InChI=1S/C12H17F2NO3/c1-12(13,14)9-6-8(4-5-18-15)11(17-3)10(7-9)16-2/h6-7H,4-5,15H2,1-3H3. The Morgan fingerprint density at radius 1 is 1.22 bits per heavy atom. The SMILES string of the molecule is COc1cc(C(C)(F)F)cc(CCON)c1OC. The lowest BCUT2D eigenvalue weighted by Gasteiger charge is -2.18. The number of methoxy groups -OCH3 is 2. The Bertz CT molecular complexity index is 405. The predicted molar refractivity (Wildman–Crippen MR) is 63.0 cm³/mol. The molecule has 1 rings (SSSR count). The zero-order chi connectivity index (χ0) is 13.8. The van der Waals surface area contributed by atoms with E-state index in [1.54, 1.807) is 0 Å². The summed E-state index contributed by atoms with van der Waals surface area (Å²) in [6.45, 7) is 1.04. The Balaban J connectivity index is 3.26. The average Bonchev–Trinajstić information content (AvgIpc) is 2.33. The van der Waals surface area contributed by atoms with Crippen LogP contribution in [0.5, 0.6) is 11.5 Å². The molecule has 0 saturated heterocycles. The Hall–Kier alpha value is -1.40. The fourth-order valence-electron chi connectivity index (χ4n) is 1.65. The molecule has 0 saturated carbocycles. The second-order valence-corrected chi connectivity index (χ2v) is 3.88. The van der Waals surface area contributed by atoms with Gasteiger partial charge < -0.3 is 14.3 Å². The van der Waals surface area contributed by atoms with E-state index in [4.69, 9.17) is 15.4 Å². The van der Waals surface area contributed by atoms with Crippen LogP contribution >= 0.6 is 0 Å². The Labute approximate surface area is 105 Å². The molecule has 1 aromatic carbocycles. The minimum Gasteiger partial charge on any atom is -0.493 e. The fraction of sp³-hybridized carbons (Fsp3) is 0.500. The summed E-state index contributed by atoms with van der Waals surface area (Å²) < 4.78 is 36.9. The van der Waals surface area contributed by atoms with Crippen LogP contribution in [0.1, 0.15) is 18.1 Å². The van der Waals surface area contributed by atoms with Crippen LogP contribution < -0.4 is 15.4 Å². The molecule has 2 N–H and O–H groups in total. The quantitative estimate of drug-likeness (QED) is 0.798. The normalized spacial score (nSPS) is 11.4. The molecule has 4 nitrogen and oxygen atoms in total. The first-order chi connectivity index (χ1) is 8.43. The third-order valence-corrected chi connectivity index (χ3v) is 2.55. The zero-order valence-corrected chi connectivity index (χ0v) is 10.6. The third-order valence-electron chi connectivity index (χ3n) is 2.55. The molecule has 1 aromatic rings. The minimum atomic E-state index is -2.95.